The van der Waals surface area contributed by atoms with Gasteiger partial charge in [-0.3, -0.25) is 4.79 Å². The summed E-state index contributed by atoms with van der Waals surface area (Å²) in [6.07, 6.45) is -9.14. The van der Waals surface area contributed by atoms with E-state index in [1.165, 1.54) is 0 Å². The molecule has 0 fully saturated rings. The van der Waals surface area contributed by atoms with Crippen LogP contribution < -0.4 is 0 Å². The van der Waals surface area contributed by atoms with E-state index in [2.05, 4.69) is 11.3 Å². The van der Waals surface area contributed by atoms with E-state index in [-0.39, 0.29) is 0 Å². The van der Waals surface area contributed by atoms with Gasteiger partial charge in [0.05, 0.1) is 0 Å². The van der Waals surface area contributed by atoms with Gasteiger partial charge in [0.25, 0.3) is 0 Å². The molecule has 0 radical (unpaired) electrons. The molecular formula is C9H9F6NO3. The standard InChI is InChI=1S/C9H9F6NO3/c1-2-3-19-7(18)6(17)16(4-8(10,11)12)5-9(13,14)15/h2H,1,3-5H2. The van der Waals surface area contributed by atoms with Gasteiger partial charge in [-0.05, 0) is 0 Å². The van der Waals surface area contributed by atoms with Crippen LogP contribution in [0.15, 0.2) is 12.7 Å². The van der Waals surface area contributed by atoms with Crippen LogP contribution in [0.5, 0.6) is 0 Å². The number of carbonyl (C=O) groups excluding carboxylic acids is 2. The fourth-order valence-corrected chi connectivity index (χ4v) is 0.958. The number of amides is 1. The molecule has 10 heteroatoms. The number of alkyl halides is 6. The molecule has 4 nitrogen and oxygen atoms in total. The normalized spacial score (nSPS) is 11.9. The van der Waals surface area contributed by atoms with Crippen LogP contribution in [0.2, 0.25) is 0 Å². The fraction of sp³-hybridized carbons (Fsp3) is 0.556. The number of nitrogens with zero attached hydrogens (tertiary/aromatic N) is 1. The van der Waals surface area contributed by atoms with E-state index in [4.69, 9.17) is 0 Å². The first-order chi connectivity index (χ1) is 8.46. The average molecular weight is 293 g/mol. The molecule has 0 atom stereocenters. The van der Waals surface area contributed by atoms with E-state index in [1.807, 2.05) is 0 Å². The molecule has 1 amide bonds. The van der Waals surface area contributed by atoms with Crippen LogP contribution in [-0.2, 0) is 14.3 Å². The van der Waals surface area contributed by atoms with Crippen LogP contribution in [0.25, 0.3) is 0 Å². The van der Waals surface area contributed by atoms with E-state index < -0.39 is 48.8 Å². The summed E-state index contributed by atoms with van der Waals surface area (Å²) in [5.41, 5.74) is 0. The summed E-state index contributed by atoms with van der Waals surface area (Å²) in [6, 6.07) is 0. The lowest BCUT2D eigenvalue weighted by Gasteiger charge is -2.23. The summed E-state index contributed by atoms with van der Waals surface area (Å²) < 4.78 is 76.2. The molecule has 0 rings (SSSR count). The van der Waals surface area contributed by atoms with Crippen molar-refractivity contribution in [3.63, 3.8) is 0 Å². The van der Waals surface area contributed by atoms with E-state index in [9.17, 15) is 35.9 Å². The molecule has 0 saturated carbocycles. The molecule has 0 aromatic rings. The third-order valence-corrected chi connectivity index (χ3v) is 1.53. The summed E-state index contributed by atoms with van der Waals surface area (Å²) in [5, 5.41) is 0. The zero-order chi connectivity index (χ0) is 15.3. The third kappa shape index (κ3) is 8.06. The molecule has 0 bridgehead atoms. The zero-order valence-electron chi connectivity index (χ0n) is 9.35. The Bertz CT molecular complexity index is 333. The maximum absolute atomic E-state index is 12.0. The average Bonchev–Trinajstić information content (AvgIpc) is 2.19. The maximum atomic E-state index is 12.0. The number of carbonyl (C=O) groups is 2. The van der Waals surface area contributed by atoms with Crippen molar-refractivity contribution in [2.75, 3.05) is 19.7 Å². The summed E-state index contributed by atoms with van der Waals surface area (Å²) in [5.74, 6) is -3.83. The van der Waals surface area contributed by atoms with E-state index in [0.717, 1.165) is 6.08 Å². The second kappa shape index (κ2) is 6.43. The van der Waals surface area contributed by atoms with Crippen molar-refractivity contribution in [1.82, 2.24) is 4.90 Å². The van der Waals surface area contributed by atoms with Crippen LogP contribution in [0, 0.1) is 0 Å². The molecule has 0 aliphatic rings. The van der Waals surface area contributed by atoms with Gasteiger partial charge in [-0.2, -0.15) is 26.3 Å². The summed E-state index contributed by atoms with van der Waals surface area (Å²) >= 11 is 0. The molecule has 0 spiro atoms. The second-order valence-corrected chi connectivity index (χ2v) is 3.28. The summed E-state index contributed by atoms with van der Waals surface area (Å²) in [4.78, 5) is 21.4. The lowest BCUT2D eigenvalue weighted by atomic mass is 10.4. The number of halogens is 6. The van der Waals surface area contributed by atoms with Crippen LogP contribution in [-0.4, -0.2) is 48.8 Å². The monoisotopic (exact) mass is 293 g/mol. The lowest BCUT2D eigenvalue weighted by molar-refractivity contribution is -0.191. The van der Waals surface area contributed by atoms with Gasteiger partial charge in [0.15, 0.2) is 0 Å². The Morgan fingerprint density at radius 3 is 1.79 bits per heavy atom. The number of hydrogen-bond acceptors (Lipinski definition) is 3. The molecule has 0 saturated heterocycles. The summed E-state index contributed by atoms with van der Waals surface area (Å²) in [6.45, 7) is -1.81. The third-order valence-electron chi connectivity index (χ3n) is 1.53. The smallest absolute Gasteiger partial charge is 0.406 e. The minimum absolute atomic E-state index is 0.504. The Kier molecular flexibility index (Phi) is 5.84. The molecule has 0 unspecified atom stereocenters. The summed E-state index contributed by atoms with van der Waals surface area (Å²) in [7, 11) is 0. The minimum atomic E-state index is -5.07. The van der Waals surface area contributed by atoms with Crippen molar-refractivity contribution >= 4 is 11.9 Å². The van der Waals surface area contributed by atoms with Gasteiger partial charge >= 0.3 is 24.2 Å². The van der Waals surface area contributed by atoms with Crippen LogP contribution >= 0.6 is 0 Å². The zero-order valence-corrected chi connectivity index (χ0v) is 9.35. The van der Waals surface area contributed by atoms with E-state index in [1.54, 1.807) is 0 Å². The Balaban J connectivity index is 4.86. The maximum Gasteiger partial charge on any atom is 0.406 e. The Labute approximate surface area is 103 Å². The molecule has 0 aliphatic carbocycles. The minimum Gasteiger partial charge on any atom is -0.454 e. The van der Waals surface area contributed by atoms with Crippen molar-refractivity contribution in [1.29, 1.82) is 0 Å². The van der Waals surface area contributed by atoms with Gasteiger partial charge in [-0.1, -0.05) is 12.7 Å². The first-order valence-electron chi connectivity index (χ1n) is 4.66. The molecule has 0 aliphatic heterocycles. The Morgan fingerprint density at radius 2 is 1.47 bits per heavy atom. The number of hydrogen-bond donors (Lipinski definition) is 0. The van der Waals surface area contributed by atoms with Crippen LogP contribution in [0.4, 0.5) is 26.3 Å². The van der Waals surface area contributed by atoms with Crippen molar-refractivity contribution in [2.24, 2.45) is 0 Å². The van der Waals surface area contributed by atoms with Crippen molar-refractivity contribution in [3.05, 3.63) is 12.7 Å². The van der Waals surface area contributed by atoms with Gasteiger partial charge in [0.1, 0.15) is 19.7 Å². The molecule has 19 heavy (non-hydrogen) atoms. The van der Waals surface area contributed by atoms with Crippen LogP contribution in [0.1, 0.15) is 0 Å². The van der Waals surface area contributed by atoms with Gasteiger partial charge in [0.2, 0.25) is 0 Å². The second-order valence-electron chi connectivity index (χ2n) is 3.28. The van der Waals surface area contributed by atoms with E-state index in [0.29, 0.717) is 0 Å². The van der Waals surface area contributed by atoms with Crippen molar-refractivity contribution < 1.29 is 40.7 Å². The van der Waals surface area contributed by atoms with Crippen molar-refractivity contribution in [2.45, 2.75) is 12.4 Å². The first kappa shape index (κ1) is 17.3. The molecule has 0 N–H and O–H groups in total. The fourth-order valence-electron chi connectivity index (χ4n) is 0.958. The number of esters is 1. The highest BCUT2D eigenvalue weighted by Crippen LogP contribution is 2.22. The largest absolute Gasteiger partial charge is 0.454 e. The van der Waals surface area contributed by atoms with Gasteiger partial charge < -0.3 is 9.64 Å². The molecular weight excluding hydrogens is 284 g/mol. The topological polar surface area (TPSA) is 46.6 Å². The number of rotatable bonds is 4. The van der Waals surface area contributed by atoms with E-state index >= 15 is 0 Å². The highest BCUT2D eigenvalue weighted by atomic mass is 19.4. The molecule has 110 valence electrons. The first-order valence-corrected chi connectivity index (χ1v) is 4.66. The lowest BCUT2D eigenvalue weighted by Crippen LogP contribution is -2.47. The Hall–Kier alpha value is -1.74. The predicted molar refractivity (Wildman–Crippen MR) is 49.8 cm³/mol. The molecule has 0 heterocycles. The van der Waals surface area contributed by atoms with Gasteiger partial charge in [-0.15, -0.1) is 0 Å². The highest BCUT2D eigenvalue weighted by molar-refractivity contribution is 6.32. The number of ether oxygens (including phenoxy) is 1. The molecule has 0 aromatic carbocycles. The Morgan fingerprint density at radius 1 is 1.05 bits per heavy atom. The SMILES string of the molecule is C=CCOC(=O)C(=O)N(CC(F)(F)F)CC(F)(F)F. The van der Waals surface area contributed by atoms with Gasteiger partial charge in [-0.25, -0.2) is 4.79 Å². The van der Waals surface area contributed by atoms with Crippen LogP contribution in [0.3, 0.4) is 0 Å². The quantitative estimate of drug-likeness (QED) is 0.343. The highest BCUT2D eigenvalue weighted by Gasteiger charge is 2.41. The molecule has 0 aromatic heterocycles. The van der Waals surface area contributed by atoms with Crippen molar-refractivity contribution in [3.8, 4) is 0 Å². The predicted octanol–water partition coefficient (Wildman–Crippen LogP) is 1.67. The van der Waals surface area contributed by atoms with Gasteiger partial charge in [0, 0.05) is 0 Å².